The largest absolute Gasteiger partial charge is 0.134 e. The summed E-state index contributed by atoms with van der Waals surface area (Å²) in [4.78, 5) is 0. The van der Waals surface area contributed by atoms with E-state index in [9.17, 15) is 0 Å². The zero-order chi connectivity index (χ0) is 8.72. The van der Waals surface area contributed by atoms with Gasteiger partial charge >= 0.3 is 0 Å². The number of hydrogen-bond acceptors (Lipinski definition) is 1. The van der Waals surface area contributed by atoms with Crippen LogP contribution >= 0.6 is 11.3 Å². The molecule has 0 unspecified atom stereocenters. The Bertz CT molecular complexity index is 424. The van der Waals surface area contributed by atoms with E-state index < -0.39 is 0 Å². The second-order valence-electron chi connectivity index (χ2n) is 3.28. The smallest absolute Gasteiger partial charge is 0.0487 e. The minimum absolute atomic E-state index is 1.28. The molecule has 1 aromatic carbocycles. The van der Waals surface area contributed by atoms with Crippen molar-refractivity contribution in [2.24, 2.45) is 0 Å². The van der Waals surface area contributed by atoms with Gasteiger partial charge in [0.25, 0.3) is 0 Å². The van der Waals surface area contributed by atoms with Crippen LogP contribution < -0.4 is 0 Å². The van der Waals surface area contributed by atoms with E-state index in [0.717, 1.165) is 0 Å². The molecule has 2 rings (SSSR count). The summed E-state index contributed by atoms with van der Waals surface area (Å²) in [6.45, 7) is 6.44. The van der Waals surface area contributed by atoms with Gasteiger partial charge in [0, 0.05) is 10.1 Å². The zero-order valence-corrected chi connectivity index (χ0v) is 8.38. The highest BCUT2D eigenvalue weighted by molar-refractivity contribution is 7.16. The van der Waals surface area contributed by atoms with E-state index in [1.807, 2.05) is 0 Å². The van der Waals surface area contributed by atoms with Gasteiger partial charge < -0.3 is 0 Å². The molecule has 0 fully saturated rings. The summed E-state index contributed by atoms with van der Waals surface area (Å²) < 4.78 is 1.37. The standard InChI is InChI=1S/C11H11S/c1-7-4-8(2)11-9(3)6-12-10(11)5-7/h4-5H,1-3H3. The van der Waals surface area contributed by atoms with E-state index in [1.165, 1.54) is 26.8 Å². The second-order valence-corrected chi connectivity index (χ2v) is 4.13. The third kappa shape index (κ3) is 1.05. The van der Waals surface area contributed by atoms with Crippen molar-refractivity contribution in [1.82, 2.24) is 0 Å². The van der Waals surface area contributed by atoms with E-state index in [4.69, 9.17) is 0 Å². The van der Waals surface area contributed by atoms with Gasteiger partial charge in [-0.05, 0) is 48.9 Å². The third-order valence-electron chi connectivity index (χ3n) is 2.13. The fraction of sp³-hybridized carbons (Fsp3) is 0.273. The average molecular weight is 175 g/mol. The predicted octanol–water partition coefficient (Wildman–Crippen LogP) is 3.63. The Morgan fingerprint density at radius 1 is 1.17 bits per heavy atom. The molecule has 0 saturated carbocycles. The Labute approximate surface area is 76.8 Å². The maximum atomic E-state index is 3.29. The van der Waals surface area contributed by atoms with E-state index in [1.54, 1.807) is 11.3 Å². The summed E-state index contributed by atoms with van der Waals surface area (Å²) in [5.41, 5.74) is 4.00. The number of thiophene rings is 1. The Kier molecular flexibility index (Phi) is 1.69. The quantitative estimate of drug-likeness (QED) is 0.573. The van der Waals surface area contributed by atoms with Gasteiger partial charge in [-0.1, -0.05) is 6.07 Å². The van der Waals surface area contributed by atoms with Crippen molar-refractivity contribution >= 4 is 21.4 Å². The molecule has 1 aromatic heterocycles. The Morgan fingerprint density at radius 3 is 2.67 bits per heavy atom. The summed E-state index contributed by atoms with van der Waals surface area (Å²) in [6, 6.07) is 4.46. The van der Waals surface area contributed by atoms with Gasteiger partial charge in [0.2, 0.25) is 0 Å². The first-order valence-corrected chi connectivity index (χ1v) is 4.88. The topological polar surface area (TPSA) is 0 Å². The van der Waals surface area contributed by atoms with E-state index >= 15 is 0 Å². The van der Waals surface area contributed by atoms with Gasteiger partial charge in [0.05, 0.1) is 0 Å². The maximum Gasteiger partial charge on any atom is 0.0487 e. The van der Waals surface area contributed by atoms with Gasteiger partial charge in [-0.15, -0.1) is 11.3 Å². The normalized spacial score (nSPS) is 10.9. The monoisotopic (exact) mass is 175 g/mol. The molecule has 0 N–H and O–H groups in total. The van der Waals surface area contributed by atoms with E-state index in [0.29, 0.717) is 0 Å². The third-order valence-corrected chi connectivity index (χ3v) is 3.08. The van der Waals surface area contributed by atoms with Crippen molar-refractivity contribution in [3.8, 4) is 0 Å². The van der Waals surface area contributed by atoms with Gasteiger partial charge in [0.15, 0.2) is 0 Å². The molecule has 0 spiro atoms. The van der Waals surface area contributed by atoms with Crippen LogP contribution in [0.25, 0.3) is 10.1 Å². The lowest BCUT2D eigenvalue weighted by atomic mass is 10.1. The van der Waals surface area contributed by atoms with Crippen molar-refractivity contribution in [3.63, 3.8) is 0 Å². The first-order valence-electron chi connectivity index (χ1n) is 4.06. The molecule has 0 nitrogen and oxygen atoms in total. The highest BCUT2D eigenvalue weighted by Crippen LogP contribution is 2.28. The summed E-state index contributed by atoms with van der Waals surface area (Å²) in [5.74, 6) is 0. The molecule has 0 aliphatic heterocycles. The number of aryl methyl sites for hydroxylation is 3. The molecular formula is C11H11S. The Balaban J connectivity index is 2.93. The van der Waals surface area contributed by atoms with Gasteiger partial charge in [-0.25, -0.2) is 0 Å². The zero-order valence-electron chi connectivity index (χ0n) is 7.56. The van der Waals surface area contributed by atoms with Crippen LogP contribution in [0, 0.1) is 26.2 Å². The molecular weight excluding hydrogens is 164 g/mol. The SMILES string of the molecule is Cc1cc(C)c2c(C)[c]sc2c1. The molecule has 2 aromatic rings. The van der Waals surface area contributed by atoms with Crippen molar-refractivity contribution in [2.45, 2.75) is 20.8 Å². The summed E-state index contributed by atoms with van der Waals surface area (Å²) in [5, 5.41) is 4.68. The molecule has 0 bridgehead atoms. The predicted molar refractivity (Wildman–Crippen MR) is 54.9 cm³/mol. The summed E-state index contributed by atoms with van der Waals surface area (Å²) >= 11 is 1.72. The highest BCUT2D eigenvalue weighted by atomic mass is 32.1. The van der Waals surface area contributed by atoms with E-state index in [2.05, 4.69) is 38.3 Å². The van der Waals surface area contributed by atoms with Gasteiger partial charge in [-0.3, -0.25) is 0 Å². The molecule has 1 heteroatoms. The van der Waals surface area contributed by atoms with Crippen LogP contribution in [0.5, 0.6) is 0 Å². The van der Waals surface area contributed by atoms with Crippen LogP contribution in [0.15, 0.2) is 12.1 Å². The molecule has 12 heavy (non-hydrogen) atoms. The molecule has 0 saturated heterocycles. The fourth-order valence-electron chi connectivity index (χ4n) is 1.67. The van der Waals surface area contributed by atoms with E-state index in [-0.39, 0.29) is 0 Å². The minimum atomic E-state index is 1.28. The van der Waals surface area contributed by atoms with Crippen LogP contribution in [-0.4, -0.2) is 0 Å². The molecule has 0 aliphatic rings. The lowest BCUT2D eigenvalue weighted by molar-refractivity contribution is 1.42. The molecule has 0 aliphatic carbocycles. The lowest BCUT2D eigenvalue weighted by Gasteiger charge is -1.99. The van der Waals surface area contributed by atoms with Crippen molar-refractivity contribution in [3.05, 3.63) is 34.2 Å². The van der Waals surface area contributed by atoms with Crippen LogP contribution in [0.3, 0.4) is 0 Å². The number of fused-ring (bicyclic) bond motifs is 1. The number of benzene rings is 1. The molecule has 1 heterocycles. The van der Waals surface area contributed by atoms with Crippen LogP contribution in [0.4, 0.5) is 0 Å². The second kappa shape index (κ2) is 2.60. The number of hydrogen-bond donors (Lipinski definition) is 0. The van der Waals surface area contributed by atoms with Crippen molar-refractivity contribution in [2.75, 3.05) is 0 Å². The van der Waals surface area contributed by atoms with Crippen molar-refractivity contribution in [1.29, 1.82) is 0 Å². The van der Waals surface area contributed by atoms with Gasteiger partial charge in [-0.2, -0.15) is 0 Å². The van der Waals surface area contributed by atoms with Crippen molar-refractivity contribution < 1.29 is 0 Å². The summed E-state index contributed by atoms with van der Waals surface area (Å²) in [6.07, 6.45) is 0. The van der Waals surface area contributed by atoms with Crippen LogP contribution in [-0.2, 0) is 0 Å². The first kappa shape index (κ1) is 7.81. The highest BCUT2D eigenvalue weighted by Gasteiger charge is 2.03. The fourth-order valence-corrected chi connectivity index (χ4v) is 2.70. The Hall–Kier alpha value is -0.820. The lowest BCUT2D eigenvalue weighted by Crippen LogP contribution is -1.78. The van der Waals surface area contributed by atoms with Gasteiger partial charge in [0.1, 0.15) is 0 Å². The molecule has 61 valence electrons. The molecule has 0 atom stereocenters. The van der Waals surface area contributed by atoms with Crippen LogP contribution in [0.2, 0.25) is 0 Å². The maximum absolute atomic E-state index is 3.29. The van der Waals surface area contributed by atoms with Crippen LogP contribution in [0.1, 0.15) is 16.7 Å². The molecule has 0 amide bonds. The summed E-state index contributed by atoms with van der Waals surface area (Å²) in [7, 11) is 0. The number of rotatable bonds is 0. The average Bonchev–Trinajstić information content (AvgIpc) is 2.31. The molecule has 1 radical (unpaired) electrons. The Morgan fingerprint density at radius 2 is 1.92 bits per heavy atom. The minimum Gasteiger partial charge on any atom is -0.134 e. The first-order chi connectivity index (χ1) is 5.68.